The number of amides is 1. The van der Waals surface area contributed by atoms with Crippen molar-refractivity contribution in [2.24, 2.45) is 0 Å². The molecule has 1 heterocycles. The Kier molecular flexibility index (Phi) is 6.75. The zero-order valence-corrected chi connectivity index (χ0v) is 17.5. The van der Waals surface area contributed by atoms with Crippen LogP contribution in [0.1, 0.15) is 36.8 Å². The van der Waals surface area contributed by atoms with E-state index in [0.717, 1.165) is 24.0 Å². The van der Waals surface area contributed by atoms with E-state index in [-0.39, 0.29) is 23.3 Å². The van der Waals surface area contributed by atoms with Crippen LogP contribution >= 0.6 is 11.6 Å². The van der Waals surface area contributed by atoms with Gasteiger partial charge >= 0.3 is 0 Å². The van der Waals surface area contributed by atoms with E-state index in [1.807, 2.05) is 25.1 Å². The standard InChI is InChI=1S/C21H25ClN2O3S/c1-16-9-11-19(12-10-16)28(26,27)24-13-5-4-7-18(24)14-21(25)23-15-17-6-2-3-8-20(17)22/h2-3,6,8-12,18H,4-5,7,13-15H2,1H3,(H,23,25)/t18-/m0/s1. The second kappa shape index (κ2) is 9.07. The maximum Gasteiger partial charge on any atom is 0.243 e. The molecule has 2 aromatic rings. The van der Waals surface area contributed by atoms with E-state index in [1.54, 1.807) is 30.3 Å². The van der Waals surface area contributed by atoms with Gasteiger partial charge in [-0.2, -0.15) is 4.31 Å². The highest BCUT2D eigenvalue weighted by Crippen LogP contribution is 2.27. The number of hydrogen-bond donors (Lipinski definition) is 1. The molecule has 0 unspecified atom stereocenters. The lowest BCUT2D eigenvalue weighted by molar-refractivity contribution is -0.122. The topological polar surface area (TPSA) is 66.5 Å². The number of nitrogens with one attached hydrogen (secondary N) is 1. The van der Waals surface area contributed by atoms with Gasteiger partial charge in [0.2, 0.25) is 15.9 Å². The Bertz CT molecular complexity index is 929. The van der Waals surface area contributed by atoms with Gasteiger partial charge in [0.1, 0.15) is 0 Å². The quantitative estimate of drug-likeness (QED) is 0.770. The summed E-state index contributed by atoms with van der Waals surface area (Å²) in [5.41, 5.74) is 1.85. The Morgan fingerprint density at radius 2 is 1.86 bits per heavy atom. The third-order valence-electron chi connectivity index (χ3n) is 5.06. The van der Waals surface area contributed by atoms with Crippen molar-refractivity contribution in [1.82, 2.24) is 9.62 Å². The molecule has 1 N–H and O–H groups in total. The smallest absolute Gasteiger partial charge is 0.243 e. The molecule has 1 amide bonds. The van der Waals surface area contributed by atoms with Gasteiger partial charge in [0.25, 0.3) is 0 Å². The predicted molar refractivity (Wildman–Crippen MR) is 111 cm³/mol. The van der Waals surface area contributed by atoms with Gasteiger partial charge in [0.15, 0.2) is 0 Å². The first-order valence-electron chi connectivity index (χ1n) is 9.46. The molecule has 0 aliphatic carbocycles. The van der Waals surface area contributed by atoms with Crippen molar-refractivity contribution in [2.45, 2.75) is 50.1 Å². The van der Waals surface area contributed by atoms with Crippen molar-refractivity contribution in [3.05, 3.63) is 64.7 Å². The highest BCUT2D eigenvalue weighted by Gasteiger charge is 2.34. The summed E-state index contributed by atoms with van der Waals surface area (Å²) in [5, 5.41) is 3.46. The van der Waals surface area contributed by atoms with Crippen molar-refractivity contribution in [3.8, 4) is 0 Å². The van der Waals surface area contributed by atoms with E-state index in [1.165, 1.54) is 4.31 Å². The van der Waals surface area contributed by atoms with E-state index >= 15 is 0 Å². The Morgan fingerprint density at radius 1 is 1.14 bits per heavy atom. The lowest BCUT2D eigenvalue weighted by atomic mass is 10.0. The number of halogens is 1. The average molecular weight is 421 g/mol. The summed E-state index contributed by atoms with van der Waals surface area (Å²) < 4.78 is 27.7. The second-order valence-electron chi connectivity index (χ2n) is 7.15. The number of piperidine rings is 1. The minimum absolute atomic E-state index is 0.148. The van der Waals surface area contributed by atoms with Crippen LogP contribution in [0, 0.1) is 6.92 Å². The molecule has 0 radical (unpaired) electrons. The van der Waals surface area contributed by atoms with Crippen LogP contribution in [0.15, 0.2) is 53.4 Å². The van der Waals surface area contributed by atoms with Gasteiger partial charge in [-0.25, -0.2) is 8.42 Å². The molecular formula is C21H25ClN2O3S. The number of benzene rings is 2. The van der Waals surface area contributed by atoms with E-state index in [4.69, 9.17) is 11.6 Å². The summed E-state index contributed by atoms with van der Waals surface area (Å²) in [6.45, 7) is 2.69. The average Bonchev–Trinajstić information content (AvgIpc) is 2.68. The Labute approximate surface area is 171 Å². The van der Waals surface area contributed by atoms with Gasteiger partial charge in [-0.05, 0) is 43.5 Å². The molecule has 1 aliphatic heterocycles. The second-order valence-corrected chi connectivity index (χ2v) is 9.45. The normalized spacial score (nSPS) is 18.0. The van der Waals surface area contributed by atoms with Crippen LogP contribution < -0.4 is 5.32 Å². The third kappa shape index (κ3) is 4.93. The first kappa shape index (κ1) is 20.8. The van der Waals surface area contributed by atoms with Crippen molar-refractivity contribution >= 4 is 27.5 Å². The number of carbonyl (C=O) groups excluding carboxylic acids is 1. The molecule has 1 aliphatic rings. The van der Waals surface area contributed by atoms with Crippen molar-refractivity contribution in [3.63, 3.8) is 0 Å². The van der Waals surface area contributed by atoms with E-state index in [0.29, 0.717) is 24.5 Å². The highest BCUT2D eigenvalue weighted by atomic mass is 35.5. The van der Waals surface area contributed by atoms with Crippen LogP contribution in [-0.2, 0) is 21.4 Å². The fourth-order valence-corrected chi connectivity index (χ4v) is 5.36. The van der Waals surface area contributed by atoms with E-state index in [9.17, 15) is 13.2 Å². The van der Waals surface area contributed by atoms with Gasteiger partial charge in [-0.15, -0.1) is 0 Å². The molecule has 150 valence electrons. The van der Waals surface area contributed by atoms with Gasteiger partial charge in [-0.1, -0.05) is 53.9 Å². The molecular weight excluding hydrogens is 396 g/mol. The fraction of sp³-hybridized carbons (Fsp3) is 0.381. The Morgan fingerprint density at radius 3 is 2.57 bits per heavy atom. The minimum Gasteiger partial charge on any atom is -0.352 e. The van der Waals surface area contributed by atoms with Crippen LogP contribution in [-0.4, -0.2) is 31.2 Å². The molecule has 1 saturated heterocycles. The largest absolute Gasteiger partial charge is 0.352 e. The zero-order valence-electron chi connectivity index (χ0n) is 15.9. The van der Waals surface area contributed by atoms with E-state index < -0.39 is 10.0 Å². The van der Waals surface area contributed by atoms with Crippen molar-refractivity contribution in [2.75, 3.05) is 6.54 Å². The summed E-state index contributed by atoms with van der Waals surface area (Å²) in [7, 11) is -3.62. The Hall–Kier alpha value is -1.89. The molecule has 7 heteroatoms. The molecule has 0 aromatic heterocycles. The van der Waals surface area contributed by atoms with Gasteiger partial charge in [0, 0.05) is 30.6 Å². The zero-order chi connectivity index (χ0) is 20.1. The predicted octanol–water partition coefficient (Wildman–Crippen LogP) is 3.90. The number of aryl methyl sites for hydroxylation is 1. The lowest BCUT2D eigenvalue weighted by Crippen LogP contribution is -2.45. The van der Waals surface area contributed by atoms with Crippen LogP contribution in [0.3, 0.4) is 0 Å². The molecule has 0 spiro atoms. The molecule has 1 atom stereocenters. The summed E-state index contributed by atoms with van der Waals surface area (Å²) in [6.07, 6.45) is 2.56. The SMILES string of the molecule is Cc1ccc(S(=O)(=O)N2CCCC[C@H]2CC(=O)NCc2ccccc2Cl)cc1. The number of carbonyl (C=O) groups is 1. The molecule has 28 heavy (non-hydrogen) atoms. The molecule has 2 aromatic carbocycles. The summed E-state index contributed by atoms with van der Waals surface area (Å²) in [5.74, 6) is -0.170. The number of hydrogen-bond acceptors (Lipinski definition) is 3. The van der Waals surface area contributed by atoms with Gasteiger partial charge in [-0.3, -0.25) is 4.79 Å². The van der Waals surface area contributed by atoms with Crippen LogP contribution in [0.25, 0.3) is 0 Å². The van der Waals surface area contributed by atoms with Crippen LogP contribution in [0.2, 0.25) is 5.02 Å². The van der Waals surface area contributed by atoms with E-state index in [2.05, 4.69) is 5.32 Å². The Balaban J connectivity index is 1.68. The maximum atomic E-state index is 13.1. The first-order valence-corrected chi connectivity index (χ1v) is 11.3. The maximum absolute atomic E-state index is 13.1. The van der Waals surface area contributed by atoms with Crippen molar-refractivity contribution in [1.29, 1.82) is 0 Å². The molecule has 0 saturated carbocycles. The highest BCUT2D eigenvalue weighted by molar-refractivity contribution is 7.89. The number of sulfonamides is 1. The van der Waals surface area contributed by atoms with Crippen molar-refractivity contribution < 1.29 is 13.2 Å². The number of nitrogens with zero attached hydrogens (tertiary/aromatic N) is 1. The molecule has 5 nitrogen and oxygen atoms in total. The fourth-order valence-electron chi connectivity index (χ4n) is 3.46. The molecule has 1 fully saturated rings. The minimum atomic E-state index is -3.62. The first-order chi connectivity index (χ1) is 13.4. The molecule has 3 rings (SSSR count). The molecule has 0 bridgehead atoms. The van der Waals surface area contributed by atoms with Gasteiger partial charge < -0.3 is 5.32 Å². The summed E-state index contributed by atoms with van der Waals surface area (Å²) in [6, 6.07) is 13.9. The number of rotatable bonds is 6. The van der Waals surface area contributed by atoms with Crippen LogP contribution in [0.4, 0.5) is 0 Å². The third-order valence-corrected chi connectivity index (χ3v) is 7.39. The summed E-state index contributed by atoms with van der Waals surface area (Å²) >= 11 is 6.12. The van der Waals surface area contributed by atoms with Crippen LogP contribution in [0.5, 0.6) is 0 Å². The van der Waals surface area contributed by atoms with Gasteiger partial charge in [0.05, 0.1) is 4.90 Å². The summed E-state index contributed by atoms with van der Waals surface area (Å²) in [4.78, 5) is 12.8. The lowest BCUT2D eigenvalue weighted by Gasteiger charge is -2.34. The monoisotopic (exact) mass is 420 g/mol.